The van der Waals surface area contributed by atoms with Crippen molar-refractivity contribution in [2.24, 2.45) is 0 Å². The van der Waals surface area contributed by atoms with E-state index in [2.05, 4.69) is 0 Å². The average Bonchev–Trinajstić information content (AvgIpc) is 3.16. The van der Waals surface area contributed by atoms with E-state index in [1.54, 1.807) is 25.1 Å². The maximum absolute atomic E-state index is 12.3. The van der Waals surface area contributed by atoms with Crippen LogP contribution in [0.3, 0.4) is 0 Å². The van der Waals surface area contributed by atoms with E-state index < -0.39 is 28.3 Å². The van der Waals surface area contributed by atoms with Crippen molar-refractivity contribution in [1.82, 2.24) is 4.90 Å². The Morgan fingerprint density at radius 1 is 1.35 bits per heavy atom. The Bertz CT molecular complexity index is 951. The minimum atomic E-state index is -3.10. The van der Waals surface area contributed by atoms with Crippen LogP contribution in [-0.2, 0) is 19.4 Å². The molecule has 1 aliphatic heterocycles. The number of likely N-dealkylation sites (N-methyl/N-ethyl adjacent to an activating group) is 1. The number of hydrogen-bond donors (Lipinski definition) is 0. The second-order valence-corrected chi connectivity index (χ2v) is 8.77. The molecule has 0 unspecified atom stereocenters. The number of carbonyl (C=O) groups is 2. The molecule has 0 saturated carbocycles. The van der Waals surface area contributed by atoms with Crippen LogP contribution in [0.1, 0.15) is 23.9 Å². The first-order chi connectivity index (χ1) is 12.3. The zero-order valence-corrected chi connectivity index (χ0v) is 15.7. The smallest absolute Gasteiger partial charge is 0.374 e. The molecule has 0 N–H and O–H groups in total. The van der Waals surface area contributed by atoms with Crippen LogP contribution in [0.4, 0.5) is 0 Å². The number of halogens is 1. The molecule has 26 heavy (non-hydrogen) atoms. The number of carbonyl (C=O) groups excluding carboxylic acids is 2. The molecule has 1 aromatic carbocycles. The molecule has 1 fully saturated rings. The molecule has 0 spiro atoms. The third kappa shape index (κ3) is 4.02. The van der Waals surface area contributed by atoms with Crippen molar-refractivity contribution >= 4 is 44.3 Å². The van der Waals surface area contributed by atoms with Gasteiger partial charge in [-0.3, -0.25) is 4.79 Å². The Kier molecular flexibility index (Phi) is 5.24. The molecule has 2 heterocycles. The number of hydrogen-bond acceptors (Lipinski definition) is 6. The van der Waals surface area contributed by atoms with Crippen LogP contribution in [0.2, 0.25) is 5.02 Å². The van der Waals surface area contributed by atoms with E-state index >= 15 is 0 Å². The predicted octanol–water partition coefficient (Wildman–Crippen LogP) is 2.28. The number of furan rings is 1. The van der Waals surface area contributed by atoms with Gasteiger partial charge in [0.25, 0.3) is 5.91 Å². The summed E-state index contributed by atoms with van der Waals surface area (Å²) in [5.41, 5.74) is 0.485. The van der Waals surface area contributed by atoms with E-state index in [-0.39, 0.29) is 23.3 Å². The first kappa shape index (κ1) is 18.7. The normalized spacial score (nSPS) is 18.8. The standard InChI is InChI=1S/C17H18ClNO6S/c1-2-19(13-5-6-26(22,23)10-13)16(20)9-24-17(21)15-8-11-7-12(18)3-4-14(11)25-15/h3-4,7-8,13H,2,5-6,9-10H2,1H3/t13-/m0/s1. The lowest BCUT2D eigenvalue weighted by molar-refractivity contribution is -0.136. The number of rotatable bonds is 5. The molecule has 7 nitrogen and oxygen atoms in total. The monoisotopic (exact) mass is 399 g/mol. The fourth-order valence-electron chi connectivity index (χ4n) is 3.06. The first-order valence-electron chi connectivity index (χ1n) is 8.15. The molecule has 0 aliphatic carbocycles. The highest BCUT2D eigenvalue weighted by Crippen LogP contribution is 2.23. The molecule has 9 heteroatoms. The summed E-state index contributed by atoms with van der Waals surface area (Å²) in [4.78, 5) is 25.9. The van der Waals surface area contributed by atoms with Crippen LogP contribution in [0.15, 0.2) is 28.7 Å². The van der Waals surface area contributed by atoms with Crippen molar-refractivity contribution in [3.05, 3.63) is 35.0 Å². The number of sulfone groups is 1. The number of ether oxygens (including phenoxy) is 1. The Balaban J connectivity index is 1.63. The zero-order valence-electron chi connectivity index (χ0n) is 14.1. The lowest BCUT2D eigenvalue weighted by Crippen LogP contribution is -2.43. The summed E-state index contributed by atoms with van der Waals surface area (Å²) in [7, 11) is -3.10. The fourth-order valence-corrected chi connectivity index (χ4v) is 4.97. The molecule has 0 radical (unpaired) electrons. The number of benzene rings is 1. The zero-order chi connectivity index (χ0) is 18.9. The van der Waals surface area contributed by atoms with Gasteiger partial charge in [0, 0.05) is 23.0 Å². The topological polar surface area (TPSA) is 93.9 Å². The number of esters is 1. The third-order valence-corrected chi connectivity index (χ3v) is 6.30. The Morgan fingerprint density at radius 3 is 2.77 bits per heavy atom. The molecular weight excluding hydrogens is 382 g/mol. The van der Waals surface area contributed by atoms with Gasteiger partial charge in [-0.2, -0.15) is 0 Å². The van der Waals surface area contributed by atoms with E-state index in [4.69, 9.17) is 20.8 Å². The molecule has 3 rings (SSSR count). The summed E-state index contributed by atoms with van der Waals surface area (Å²) in [5, 5.41) is 1.17. The van der Waals surface area contributed by atoms with Crippen LogP contribution >= 0.6 is 11.6 Å². The molecule has 2 aromatic rings. The van der Waals surface area contributed by atoms with Crippen LogP contribution in [-0.4, -0.2) is 55.9 Å². The Labute approximate surface area is 155 Å². The summed E-state index contributed by atoms with van der Waals surface area (Å²) in [6.07, 6.45) is 0.403. The second-order valence-electron chi connectivity index (χ2n) is 6.11. The molecule has 1 aromatic heterocycles. The Morgan fingerprint density at radius 2 is 2.12 bits per heavy atom. The highest BCUT2D eigenvalue weighted by Gasteiger charge is 2.34. The van der Waals surface area contributed by atoms with Crippen molar-refractivity contribution in [2.75, 3.05) is 24.7 Å². The SMILES string of the molecule is CCN(C(=O)COC(=O)c1cc2cc(Cl)ccc2o1)[C@H]1CCS(=O)(=O)C1. The van der Waals surface area contributed by atoms with Gasteiger partial charge < -0.3 is 14.1 Å². The summed E-state index contributed by atoms with van der Waals surface area (Å²) in [6.45, 7) is 1.63. The van der Waals surface area contributed by atoms with Crippen molar-refractivity contribution in [3.8, 4) is 0 Å². The summed E-state index contributed by atoms with van der Waals surface area (Å²) < 4.78 is 33.6. The van der Waals surface area contributed by atoms with Gasteiger partial charge in [-0.05, 0) is 37.6 Å². The number of nitrogens with zero attached hydrogens (tertiary/aromatic N) is 1. The third-order valence-electron chi connectivity index (χ3n) is 4.32. The largest absolute Gasteiger partial charge is 0.450 e. The summed E-state index contributed by atoms with van der Waals surface area (Å²) >= 11 is 5.89. The van der Waals surface area contributed by atoms with E-state index in [9.17, 15) is 18.0 Å². The van der Waals surface area contributed by atoms with Crippen LogP contribution in [0, 0.1) is 0 Å². The molecule has 1 atom stereocenters. The second kappa shape index (κ2) is 7.28. The molecule has 140 valence electrons. The predicted molar refractivity (Wildman–Crippen MR) is 96.0 cm³/mol. The lowest BCUT2D eigenvalue weighted by atomic mass is 10.2. The minimum absolute atomic E-state index is 0.0263. The van der Waals surface area contributed by atoms with Gasteiger partial charge in [-0.1, -0.05) is 11.6 Å². The van der Waals surface area contributed by atoms with Crippen molar-refractivity contribution in [2.45, 2.75) is 19.4 Å². The summed E-state index contributed by atoms with van der Waals surface area (Å²) in [5.74, 6) is -1.20. The van der Waals surface area contributed by atoms with Gasteiger partial charge in [0.2, 0.25) is 5.76 Å². The highest BCUT2D eigenvalue weighted by molar-refractivity contribution is 7.91. The first-order valence-corrected chi connectivity index (χ1v) is 10.3. The van der Waals surface area contributed by atoms with Gasteiger partial charge in [0.05, 0.1) is 11.5 Å². The highest BCUT2D eigenvalue weighted by atomic mass is 35.5. The van der Waals surface area contributed by atoms with Crippen LogP contribution in [0.25, 0.3) is 11.0 Å². The van der Waals surface area contributed by atoms with Crippen molar-refractivity contribution in [1.29, 1.82) is 0 Å². The molecular formula is C17H18ClNO6S. The minimum Gasteiger partial charge on any atom is -0.450 e. The van der Waals surface area contributed by atoms with Gasteiger partial charge in [-0.15, -0.1) is 0 Å². The van der Waals surface area contributed by atoms with E-state index in [1.165, 1.54) is 11.0 Å². The Hall–Kier alpha value is -2.06. The molecule has 0 bridgehead atoms. The molecule has 1 saturated heterocycles. The lowest BCUT2D eigenvalue weighted by Gasteiger charge is -2.26. The van der Waals surface area contributed by atoms with Crippen LogP contribution < -0.4 is 0 Å². The number of amides is 1. The summed E-state index contributed by atoms with van der Waals surface area (Å²) in [6, 6.07) is 6.06. The van der Waals surface area contributed by atoms with E-state index in [0.29, 0.717) is 29.0 Å². The average molecular weight is 400 g/mol. The van der Waals surface area contributed by atoms with E-state index in [0.717, 1.165) is 0 Å². The fraction of sp³-hybridized carbons (Fsp3) is 0.412. The van der Waals surface area contributed by atoms with Crippen LogP contribution in [0.5, 0.6) is 0 Å². The van der Waals surface area contributed by atoms with Crippen molar-refractivity contribution in [3.63, 3.8) is 0 Å². The van der Waals surface area contributed by atoms with Crippen molar-refractivity contribution < 1.29 is 27.2 Å². The van der Waals surface area contributed by atoms with Gasteiger partial charge in [-0.25, -0.2) is 13.2 Å². The van der Waals surface area contributed by atoms with E-state index in [1.807, 2.05) is 0 Å². The van der Waals surface area contributed by atoms with Gasteiger partial charge in [0.1, 0.15) is 5.58 Å². The van der Waals surface area contributed by atoms with Gasteiger partial charge in [0.15, 0.2) is 16.4 Å². The molecule has 1 aliphatic rings. The quantitative estimate of drug-likeness (QED) is 0.716. The van der Waals surface area contributed by atoms with Gasteiger partial charge >= 0.3 is 5.97 Å². The maximum Gasteiger partial charge on any atom is 0.374 e. The molecule has 1 amide bonds. The maximum atomic E-state index is 12.3. The number of fused-ring (bicyclic) bond motifs is 1.